The average Bonchev–Trinajstić information content (AvgIpc) is 3.04. The van der Waals surface area contributed by atoms with Crippen LogP contribution < -0.4 is 0 Å². The predicted molar refractivity (Wildman–Crippen MR) is 74.7 cm³/mol. The summed E-state index contributed by atoms with van der Waals surface area (Å²) in [5.74, 6) is 1.01. The van der Waals surface area contributed by atoms with E-state index in [2.05, 4.69) is 9.80 Å². The van der Waals surface area contributed by atoms with E-state index in [1.807, 2.05) is 0 Å². The Morgan fingerprint density at radius 1 is 0.722 bits per heavy atom. The second-order valence-corrected chi connectivity index (χ2v) is 7.17. The van der Waals surface area contributed by atoms with Crippen molar-refractivity contribution in [2.45, 2.75) is 75.9 Å². The third-order valence-corrected chi connectivity index (χ3v) is 6.22. The van der Waals surface area contributed by atoms with Gasteiger partial charge in [0.1, 0.15) is 0 Å². The van der Waals surface area contributed by atoms with E-state index in [-0.39, 0.29) is 0 Å². The second kappa shape index (κ2) is 4.79. The lowest BCUT2D eigenvalue weighted by Crippen LogP contribution is -2.47. The molecule has 0 aliphatic carbocycles. The van der Waals surface area contributed by atoms with Crippen LogP contribution in [0.2, 0.25) is 0 Å². The Kier molecular flexibility index (Phi) is 3.12. The molecule has 0 aromatic heterocycles. The molecule has 0 N–H and O–H groups in total. The van der Waals surface area contributed by atoms with Crippen LogP contribution in [0.25, 0.3) is 0 Å². The van der Waals surface area contributed by atoms with Crippen LogP contribution in [0.3, 0.4) is 0 Å². The molecular formula is C16H28N2. The zero-order chi connectivity index (χ0) is 11.9. The first-order valence-electron chi connectivity index (χ1n) is 8.41. The summed E-state index contributed by atoms with van der Waals surface area (Å²) in [6.07, 6.45) is 13.4. The minimum absolute atomic E-state index is 0.955. The van der Waals surface area contributed by atoms with Crippen molar-refractivity contribution in [1.29, 1.82) is 0 Å². The molecule has 0 radical (unpaired) electrons. The third-order valence-electron chi connectivity index (χ3n) is 6.22. The number of nitrogens with zero attached hydrogens (tertiary/aromatic N) is 2. The van der Waals surface area contributed by atoms with Gasteiger partial charge < -0.3 is 4.90 Å². The van der Waals surface area contributed by atoms with Gasteiger partial charge >= 0.3 is 0 Å². The molecule has 2 nitrogen and oxygen atoms in total. The Bertz CT molecular complexity index is 289. The Balaban J connectivity index is 1.46. The van der Waals surface area contributed by atoms with Crippen molar-refractivity contribution < 1.29 is 0 Å². The maximum Gasteiger partial charge on any atom is 0.0139 e. The third kappa shape index (κ3) is 1.92. The minimum atomic E-state index is 0.955. The van der Waals surface area contributed by atoms with Gasteiger partial charge in [0.2, 0.25) is 0 Å². The predicted octanol–water partition coefficient (Wildman–Crippen LogP) is 2.88. The zero-order valence-electron chi connectivity index (χ0n) is 11.7. The zero-order valence-corrected chi connectivity index (χ0v) is 11.7. The molecule has 4 rings (SSSR count). The van der Waals surface area contributed by atoms with Gasteiger partial charge in [0, 0.05) is 24.7 Å². The topological polar surface area (TPSA) is 6.48 Å². The van der Waals surface area contributed by atoms with Gasteiger partial charge in [0.05, 0.1) is 0 Å². The van der Waals surface area contributed by atoms with Crippen LogP contribution in [0, 0.1) is 5.92 Å². The van der Waals surface area contributed by atoms with Crippen LogP contribution in [0.5, 0.6) is 0 Å². The fourth-order valence-corrected chi connectivity index (χ4v) is 5.41. The van der Waals surface area contributed by atoms with Gasteiger partial charge in [0.15, 0.2) is 0 Å². The Labute approximate surface area is 112 Å². The standard InChI is InChI=1S/C16H28N2/c1-2-9-17-12-13(11-15(17)5-1)16-8-3-6-14-7-4-10-18(14)16/h13-16H,1-12H2. The van der Waals surface area contributed by atoms with Gasteiger partial charge in [-0.15, -0.1) is 0 Å². The monoisotopic (exact) mass is 248 g/mol. The molecule has 4 unspecified atom stereocenters. The molecular weight excluding hydrogens is 220 g/mol. The molecule has 4 aliphatic rings. The molecule has 4 atom stereocenters. The minimum Gasteiger partial charge on any atom is -0.300 e. The van der Waals surface area contributed by atoms with Gasteiger partial charge in [-0.1, -0.05) is 12.8 Å². The van der Waals surface area contributed by atoms with Crippen molar-refractivity contribution in [1.82, 2.24) is 9.80 Å². The van der Waals surface area contributed by atoms with Crippen LogP contribution >= 0.6 is 0 Å². The first-order valence-corrected chi connectivity index (χ1v) is 8.41. The largest absolute Gasteiger partial charge is 0.300 e. The lowest BCUT2D eigenvalue weighted by atomic mass is 9.86. The van der Waals surface area contributed by atoms with E-state index >= 15 is 0 Å². The van der Waals surface area contributed by atoms with E-state index in [1.54, 1.807) is 0 Å². The number of rotatable bonds is 1. The highest BCUT2D eigenvalue weighted by atomic mass is 15.2. The maximum atomic E-state index is 2.92. The first-order chi connectivity index (χ1) is 8.92. The van der Waals surface area contributed by atoms with E-state index in [9.17, 15) is 0 Å². The van der Waals surface area contributed by atoms with Crippen molar-refractivity contribution in [2.75, 3.05) is 19.6 Å². The van der Waals surface area contributed by atoms with Crippen molar-refractivity contribution in [3.8, 4) is 0 Å². The van der Waals surface area contributed by atoms with E-state index in [0.717, 1.165) is 24.0 Å². The second-order valence-electron chi connectivity index (χ2n) is 7.17. The van der Waals surface area contributed by atoms with Crippen molar-refractivity contribution >= 4 is 0 Å². The molecule has 4 heterocycles. The SMILES string of the molecule is C1CCN2CC(C3CCCC4CCCN43)CC2C1. The van der Waals surface area contributed by atoms with Crippen LogP contribution in [-0.4, -0.2) is 47.6 Å². The van der Waals surface area contributed by atoms with E-state index in [0.29, 0.717) is 0 Å². The summed E-state index contributed by atoms with van der Waals surface area (Å²) in [6.45, 7) is 4.24. The highest BCUT2D eigenvalue weighted by Gasteiger charge is 2.43. The molecule has 0 aromatic rings. The average molecular weight is 248 g/mol. The van der Waals surface area contributed by atoms with Gasteiger partial charge in [0.25, 0.3) is 0 Å². The Hall–Kier alpha value is -0.0800. The molecule has 0 aromatic carbocycles. The molecule has 102 valence electrons. The molecule has 0 bridgehead atoms. The van der Waals surface area contributed by atoms with Gasteiger partial charge in [-0.05, 0) is 64.0 Å². The highest BCUT2D eigenvalue weighted by Crippen LogP contribution is 2.40. The summed E-state index contributed by atoms with van der Waals surface area (Å²) in [7, 11) is 0. The van der Waals surface area contributed by atoms with Crippen molar-refractivity contribution in [3.63, 3.8) is 0 Å². The maximum absolute atomic E-state index is 2.92. The molecule has 4 aliphatic heterocycles. The summed E-state index contributed by atoms with van der Waals surface area (Å²) in [6, 6.07) is 2.89. The lowest BCUT2D eigenvalue weighted by molar-refractivity contribution is 0.0810. The van der Waals surface area contributed by atoms with E-state index in [4.69, 9.17) is 0 Å². The summed E-state index contributed by atoms with van der Waals surface area (Å²) >= 11 is 0. The number of piperidine rings is 2. The fraction of sp³-hybridized carbons (Fsp3) is 1.00. The summed E-state index contributed by atoms with van der Waals surface area (Å²) < 4.78 is 0. The smallest absolute Gasteiger partial charge is 0.0139 e. The van der Waals surface area contributed by atoms with Crippen LogP contribution in [0.1, 0.15) is 57.8 Å². The Morgan fingerprint density at radius 2 is 1.61 bits per heavy atom. The summed E-state index contributed by atoms with van der Waals surface area (Å²) in [5, 5.41) is 0. The van der Waals surface area contributed by atoms with Crippen LogP contribution in [0.15, 0.2) is 0 Å². The summed E-state index contributed by atoms with van der Waals surface area (Å²) in [4.78, 5) is 5.75. The molecule has 2 heteroatoms. The van der Waals surface area contributed by atoms with E-state index in [1.165, 1.54) is 77.4 Å². The number of fused-ring (bicyclic) bond motifs is 2. The first kappa shape index (κ1) is 11.7. The van der Waals surface area contributed by atoms with Gasteiger partial charge in [-0.25, -0.2) is 0 Å². The number of hydrogen-bond acceptors (Lipinski definition) is 2. The Morgan fingerprint density at radius 3 is 2.56 bits per heavy atom. The van der Waals surface area contributed by atoms with Crippen LogP contribution in [-0.2, 0) is 0 Å². The number of hydrogen-bond donors (Lipinski definition) is 0. The van der Waals surface area contributed by atoms with Crippen LogP contribution in [0.4, 0.5) is 0 Å². The van der Waals surface area contributed by atoms with Crippen molar-refractivity contribution in [2.24, 2.45) is 5.92 Å². The van der Waals surface area contributed by atoms with Crippen molar-refractivity contribution in [3.05, 3.63) is 0 Å². The van der Waals surface area contributed by atoms with E-state index < -0.39 is 0 Å². The molecule has 0 spiro atoms. The highest BCUT2D eigenvalue weighted by molar-refractivity contribution is 4.98. The molecule has 18 heavy (non-hydrogen) atoms. The molecule has 0 amide bonds. The van der Waals surface area contributed by atoms with Gasteiger partial charge in [-0.2, -0.15) is 0 Å². The molecule has 4 fully saturated rings. The normalized spacial score (nSPS) is 46.0. The van der Waals surface area contributed by atoms with Gasteiger partial charge in [-0.3, -0.25) is 4.90 Å². The fourth-order valence-electron chi connectivity index (χ4n) is 5.41. The molecule has 0 saturated carbocycles. The molecule has 4 saturated heterocycles. The quantitative estimate of drug-likeness (QED) is 0.704. The lowest BCUT2D eigenvalue weighted by Gasteiger charge is -2.41. The summed E-state index contributed by atoms with van der Waals surface area (Å²) in [5.41, 5.74) is 0.